The monoisotopic (exact) mass is 365 g/mol. The molecule has 1 saturated heterocycles. The van der Waals surface area contributed by atoms with Gasteiger partial charge in [-0.2, -0.15) is 0 Å². The topological polar surface area (TPSA) is 98.1 Å². The van der Waals surface area contributed by atoms with Crippen LogP contribution in [0.5, 0.6) is 0 Å². The molecule has 9 nitrogen and oxygen atoms in total. The zero-order chi connectivity index (χ0) is 18.5. The zero-order valence-electron chi connectivity index (χ0n) is 14.7. The summed E-state index contributed by atoms with van der Waals surface area (Å²) in [6.45, 7) is 3.31. The van der Waals surface area contributed by atoms with Gasteiger partial charge in [-0.1, -0.05) is 6.07 Å². The van der Waals surface area contributed by atoms with Crippen LogP contribution in [0.4, 0.5) is 5.82 Å². The van der Waals surface area contributed by atoms with Crippen molar-refractivity contribution in [3.8, 4) is 5.82 Å². The van der Waals surface area contributed by atoms with Crippen molar-refractivity contribution in [2.75, 3.05) is 31.2 Å². The Morgan fingerprint density at radius 1 is 1.11 bits per heavy atom. The van der Waals surface area contributed by atoms with Gasteiger partial charge in [-0.3, -0.25) is 14.3 Å². The first-order valence-electron chi connectivity index (χ1n) is 8.67. The van der Waals surface area contributed by atoms with E-state index in [-0.39, 0.29) is 5.91 Å². The van der Waals surface area contributed by atoms with Crippen molar-refractivity contribution in [1.82, 2.24) is 29.8 Å². The van der Waals surface area contributed by atoms with E-state index in [4.69, 9.17) is 4.74 Å². The van der Waals surface area contributed by atoms with Crippen molar-refractivity contribution in [1.29, 1.82) is 0 Å². The molecule has 3 aromatic heterocycles. The van der Waals surface area contributed by atoms with Crippen molar-refractivity contribution in [3.05, 3.63) is 60.7 Å². The van der Waals surface area contributed by atoms with Crippen molar-refractivity contribution in [2.24, 2.45) is 0 Å². The molecule has 0 bridgehead atoms. The van der Waals surface area contributed by atoms with Crippen LogP contribution in [-0.2, 0) is 11.3 Å². The number of nitrogens with zero attached hydrogens (tertiary/aromatic N) is 6. The third-order valence-electron chi connectivity index (χ3n) is 4.21. The van der Waals surface area contributed by atoms with Crippen LogP contribution < -0.4 is 10.2 Å². The molecule has 0 spiro atoms. The number of carbonyl (C=O) groups is 1. The maximum Gasteiger partial charge on any atom is 0.271 e. The molecule has 1 N–H and O–H groups in total. The van der Waals surface area contributed by atoms with Crippen molar-refractivity contribution in [3.63, 3.8) is 0 Å². The molecule has 0 atom stereocenters. The third-order valence-corrected chi connectivity index (χ3v) is 4.21. The average molecular weight is 365 g/mol. The highest BCUT2D eigenvalue weighted by molar-refractivity contribution is 5.92. The van der Waals surface area contributed by atoms with Gasteiger partial charge >= 0.3 is 0 Å². The van der Waals surface area contributed by atoms with Gasteiger partial charge in [-0.25, -0.2) is 15.0 Å². The van der Waals surface area contributed by atoms with Crippen LogP contribution in [0.25, 0.3) is 5.82 Å². The van der Waals surface area contributed by atoms with Gasteiger partial charge in [0.1, 0.15) is 30.0 Å². The Balaban J connectivity index is 1.45. The number of pyridine rings is 1. The lowest BCUT2D eigenvalue weighted by Gasteiger charge is -2.27. The second-order valence-corrected chi connectivity index (χ2v) is 6.00. The Hall–Kier alpha value is -3.33. The quantitative estimate of drug-likeness (QED) is 0.715. The van der Waals surface area contributed by atoms with Crippen molar-refractivity contribution < 1.29 is 9.53 Å². The second-order valence-electron chi connectivity index (χ2n) is 6.00. The first-order chi connectivity index (χ1) is 13.3. The first kappa shape index (κ1) is 17.1. The Morgan fingerprint density at radius 2 is 1.96 bits per heavy atom. The van der Waals surface area contributed by atoms with E-state index in [0.29, 0.717) is 31.3 Å². The fourth-order valence-corrected chi connectivity index (χ4v) is 2.77. The molecule has 0 radical (unpaired) electrons. The summed E-state index contributed by atoms with van der Waals surface area (Å²) in [7, 11) is 0. The number of ether oxygens (including phenoxy) is 1. The zero-order valence-corrected chi connectivity index (χ0v) is 14.7. The minimum Gasteiger partial charge on any atom is -0.378 e. The maximum absolute atomic E-state index is 12.3. The number of imidazole rings is 1. The molecule has 4 heterocycles. The van der Waals surface area contributed by atoms with E-state index in [0.717, 1.165) is 24.6 Å². The molecular weight excluding hydrogens is 346 g/mol. The highest BCUT2D eigenvalue weighted by Crippen LogP contribution is 2.15. The van der Waals surface area contributed by atoms with Gasteiger partial charge < -0.3 is 15.0 Å². The van der Waals surface area contributed by atoms with E-state index >= 15 is 0 Å². The van der Waals surface area contributed by atoms with Crippen LogP contribution in [-0.4, -0.2) is 56.7 Å². The summed E-state index contributed by atoms with van der Waals surface area (Å²) in [6, 6.07) is 7.44. The number of hydrogen-bond acceptors (Lipinski definition) is 7. The summed E-state index contributed by atoms with van der Waals surface area (Å²) in [5.74, 6) is 1.22. The number of aromatic nitrogens is 5. The molecule has 9 heteroatoms. The van der Waals surface area contributed by atoms with E-state index in [1.807, 2.05) is 24.3 Å². The number of anilines is 1. The maximum atomic E-state index is 12.3. The van der Waals surface area contributed by atoms with E-state index < -0.39 is 0 Å². The standard InChI is InChI=1S/C18H19N7O2/c26-18(20-10-14-3-1-2-4-19-14)15-11-25(13-23-15)17-9-16(21-12-22-17)24-5-7-27-8-6-24/h1-4,9,11-13H,5-8,10H2,(H,20,26). The van der Waals surface area contributed by atoms with Crippen LogP contribution in [0.1, 0.15) is 16.2 Å². The number of amides is 1. The van der Waals surface area contributed by atoms with Crippen LogP contribution in [0, 0.1) is 0 Å². The lowest BCUT2D eigenvalue weighted by Crippen LogP contribution is -2.36. The number of carbonyl (C=O) groups excluding carboxylic acids is 1. The highest BCUT2D eigenvalue weighted by atomic mass is 16.5. The molecule has 1 amide bonds. The number of morpholine rings is 1. The third kappa shape index (κ3) is 4.09. The van der Waals surface area contributed by atoms with E-state index in [1.54, 1.807) is 23.3 Å². The lowest BCUT2D eigenvalue weighted by molar-refractivity contribution is 0.0946. The van der Waals surface area contributed by atoms with E-state index in [2.05, 4.69) is 30.2 Å². The first-order valence-corrected chi connectivity index (χ1v) is 8.67. The van der Waals surface area contributed by atoms with Gasteiger partial charge in [-0.15, -0.1) is 0 Å². The molecule has 3 aromatic rings. The predicted molar refractivity (Wildman–Crippen MR) is 97.6 cm³/mol. The Morgan fingerprint density at radius 3 is 2.78 bits per heavy atom. The summed E-state index contributed by atoms with van der Waals surface area (Å²) in [5.41, 5.74) is 1.11. The fourth-order valence-electron chi connectivity index (χ4n) is 2.77. The fraction of sp³-hybridized carbons (Fsp3) is 0.278. The lowest BCUT2D eigenvalue weighted by atomic mass is 10.3. The molecule has 0 saturated carbocycles. The van der Waals surface area contributed by atoms with E-state index in [1.165, 1.54) is 6.33 Å². The summed E-state index contributed by atoms with van der Waals surface area (Å²) in [4.78, 5) is 31.4. The van der Waals surface area contributed by atoms with Crippen molar-refractivity contribution in [2.45, 2.75) is 6.54 Å². The molecule has 0 aromatic carbocycles. The molecule has 1 aliphatic heterocycles. The Bertz CT molecular complexity index is 907. The minimum atomic E-state index is -0.262. The van der Waals surface area contributed by atoms with Gasteiger partial charge in [-0.05, 0) is 12.1 Å². The summed E-state index contributed by atoms with van der Waals surface area (Å²) in [6.07, 6.45) is 6.43. The molecular formula is C18H19N7O2. The number of nitrogens with one attached hydrogen (secondary N) is 1. The molecule has 0 aliphatic carbocycles. The van der Waals surface area contributed by atoms with E-state index in [9.17, 15) is 4.79 Å². The normalized spacial score (nSPS) is 14.1. The van der Waals surface area contributed by atoms with Crippen LogP contribution in [0.3, 0.4) is 0 Å². The minimum absolute atomic E-state index is 0.262. The number of hydrogen-bond donors (Lipinski definition) is 1. The summed E-state index contributed by atoms with van der Waals surface area (Å²) < 4.78 is 7.08. The average Bonchev–Trinajstić information content (AvgIpc) is 3.24. The Kier molecular flexibility index (Phi) is 5.01. The molecule has 4 rings (SSSR count). The summed E-state index contributed by atoms with van der Waals surface area (Å²) >= 11 is 0. The largest absolute Gasteiger partial charge is 0.378 e. The van der Waals surface area contributed by atoms with Crippen LogP contribution in [0.2, 0.25) is 0 Å². The van der Waals surface area contributed by atoms with Gasteiger partial charge in [0.05, 0.1) is 25.5 Å². The smallest absolute Gasteiger partial charge is 0.271 e. The van der Waals surface area contributed by atoms with Gasteiger partial charge in [0.15, 0.2) is 0 Å². The molecule has 1 aliphatic rings. The van der Waals surface area contributed by atoms with Crippen LogP contribution >= 0.6 is 0 Å². The molecule has 0 unspecified atom stereocenters. The van der Waals surface area contributed by atoms with Crippen LogP contribution in [0.15, 0.2) is 49.3 Å². The van der Waals surface area contributed by atoms with Gasteiger partial charge in [0, 0.05) is 31.5 Å². The molecule has 1 fully saturated rings. The molecule has 27 heavy (non-hydrogen) atoms. The van der Waals surface area contributed by atoms with Gasteiger partial charge in [0.25, 0.3) is 5.91 Å². The summed E-state index contributed by atoms with van der Waals surface area (Å²) in [5, 5.41) is 2.81. The van der Waals surface area contributed by atoms with Gasteiger partial charge in [0.2, 0.25) is 0 Å². The van der Waals surface area contributed by atoms with Crippen molar-refractivity contribution >= 4 is 11.7 Å². The predicted octanol–water partition coefficient (Wildman–Crippen LogP) is 0.824. The highest BCUT2D eigenvalue weighted by Gasteiger charge is 2.15. The number of rotatable bonds is 5. The molecule has 138 valence electrons. The second kappa shape index (κ2) is 7.92. The SMILES string of the molecule is O=C(NCc1ccccn1)c1cn(-c2cc(N3CCOCC3)ncn2)cn1. The Labute approximate surface area is 156 Å².